The van der Waals surface area contributed by atoms with Crippen LogP contribution in [-0.2, 0) is 0 Å². The summed E-state index contributed by atoms with van der Waals surface area (Å²) in [6.07, 6.45) is 0. The van der Waals surface area contributed by atoms with Crippen LogP contribution in [-0.4, -0.2) is 0 Å². The van der Waals surface area contributed by atoms with Crippen LogP contribution in [0.15, 0.2) is 103 Å². The zero-order valence-corrected chi connectivity index (χ0v) is 17.5. The summed E-state index contributed by atoms with van der Waals surface area (Å²) in [5.41, 5.74) is 6.42. The molecule has 0 amide bonds. The van der Waals surface area contributed by atoms with Crippen molar-refractivity contribution < 1.29 is 0 Å². The smallest absolute Gasteiger partial charge is 0.0361 e. The van der Waals surface area contributed by atoms with E-state index in [0.29, 0.717) is 0 Å². The Morgan fingerprint density at radius 1 is 0.533 bits per heavy atom. The maximum Gasteiger partial charge on any atom is 0.0361 e. The summed E-state index contributed by atoms with van der Waals surface area (Å²) in [6, 6.07) is 37.7. The highest BCUT2D eigenvalue weighted by atomic mass is 32.1. The van der Waals surface area contributed by atoms with Gasteiger partial charge in [0.15, 0.2) is 0 Å². The quantitative estimate of drug-likeness (QED) is 0.272. The topological polar surface area (TPSA) is 0 Å². The lowest BCUT2D eigenvalue weighted by atomic mass is 9.95. The van der Waals surface area contributed by atoms with Gasteiger partial charge in [0.1, 0.15) is 0 Å². The van der Waals surface area contributed by atoms with Crippen molar-refractivity contribution in [2.75, 3.05) is 0 Å². The fraction of sp³-hybridized carbons (Fsp3) is 0.0345. The molecule has 142 valence electrons. The SMILES string of the molecule is Cc1cccc(-c2ccc3cc(-c4cccc5sc6ccccc6c45)ccc3c2)c1. The van der Waals surface area contributed by atoms with Gasteiger partial charge < -0.3 is 0 Å². The Bertz CT molecular complexity index is 1550. The van der Waals surface area contributed by atoms with Crippen LogP contribution in [0.2, 0.25) is 0 Å². The molecule has 0 spiro atoms. The fourth-order valence-corrected chi connectivity index (χ4v) is 5.56. The van der Waals surface area contributed by atoms with Gasteiger partial charge >= 0.3 is 0 Å². The van der Waals surface area contributed by atoms with Crippen molar-refractivity contribution in [3.63, 3.8) is 0 Å². The van der Waals surface area contributed by atoms with E-state index in [-0.39, 0.29) is 0 Å². The summed E-state index contributed by atoms with van der Waals surface area (Å²) in [4.78, 5) is 0. The van der Waals surface area contributed by atoms with Crippen LogP contribution in [0.25, 0.3) is 53.2 Å². The highest BCUT2D eigenvalue weighted by molar-refractivity contribution is 7.25. The summed E-state index contributed by atoms with van der Waals surface area (Å²) in [5, 5.41) is 5.28. The Morgan fingerprint density at radius 2 is 1.23 bits per heavy atom. The van der Waals surface area contributed by atoms with Crippen molar-refractivity contribution >= 4 is 42.3 Å². The molecule has 0 saturated carbocycles. The van der Waals surface area contributed by atoms with Gasteiger partial charge in [-0.3, -0.25) is 0 Å². The van der Waals surface area contributed by atoms with Crippen molar-refractivity contribution in [1.29, 1.82) is 0 Å². The number of rotatable bonds is 2. The maximum absolute atomic E-state index is 2.33. The van der Waals surface area contributed by atoms with Gasteiger partial charge in [-0.1, -0.05) is 84.4 Å². The first-order chi connectivity index (χ1) is 14.8. The van der Waals surface area contributed by atoms with Gasteiger partial charge in [-0.25, -0.2) is 0 Å². The average molecular weight is 401 g/mol. The molecule has 0 nitrogen and oxygen atoms in total. The number of thiophene rings is 1. The lowest BCUT2D eigenvalue weighted by Crippen LogP contribution is -1.83. The lowest BCUT2D eigenvalue weighted by Gasteiger charge is -2.09. The van der Waals surface area contributed by atoms with E-state index in [1.165, 1.54) is 58.8 Å². The number of fused-ring (bicyclic) bond motifs is 4. The zero-order chi connectivity index (χ0) is 20.1. The molecule has 0 aliphatic carbocycles. The van der Waals surface area contributed by atoms with Gasteiger partial charge in [0.05, 0.1) is 0 Å². The van der Waals surface area contributed by atoms with Crippen LogP contribution in [0.5, 0.6) is 0 Å². The van der Waals surface area contributed by atoms with Gasteiger partial charge in [0.2, 0.25) is 0 Å². The first-order valence-electron chi connectivity index (χ1n) is 10.3. The molecule has 30 heavy (non-hydrogen) atoms. The van der Waals surface area contributed by atoms with Gasteiger partial charge in [0.25, 0.3) is 0 Å². The average Bonchev–Trinajstić information content (AvgIpc) is 3.17. The first kappa shape index (κ1) is 17.4. The highest BCUT2D eigenvalue weighted by Crippen LogP contribution is 2.40. The summed E-state index contributed by atoms with van der Waals surface area (Å²) in [6.45, 7) is 2.14. The van der Waals surface area contributed by atoms with Crippen LogP contribution in [0.4, 0.5) is 0 Å². The second kappa shape index (κ2) is 6.83. The largest absolute Gasteiger partial charge is 0.135 e. The van der Waals surface area contributed by atoms with Crippen LogP contribution < -0.4 is 0 Å². The van der Waals surface area contributed by atoms with E-state index < -0.39 is 0 Å². The standard InChI is InChI=1S/C29H20S/c1-19-6-4-7-20(16-19)21-12-13-23-18-24(15-14-22(23)17-21)25-9-5-11-28-29(25)26-8-2-3-10-27(26)30-28/h2-18H,1H3. The number of hydrogen-bond acceptors (Lipinski definition) is 1. The third kappa shape index (κ3) is 2.82. The van der Waals surface area contributed by atoms with E-state index in [1.54, 1.807) is 0 Å². The van der Waals surface area contributed by atoms with E-state index in [2.05, 4.69) is 110 Å². The molecule has 0 bridgehead atoms. The van der Waals surface area contributed by atoms with Crippen molar-refractivity contribution in [3.05, 3.63) is 109 Å². The molecule has 6 rings (SSSR count). The Morgan fingerprint density at radius 3 is 2.10 bits per heavy atom. The molecule has 0 radical (unpaired) electrons. The molecule has 0 unspecified atom stereocenters. The molecule has 0 aliphatic heterocycles. The molecule has 1 aromatic heterocycles. The van der Waals surface area contributed by atoms with Gasteiger partial charge in [-0.05, 0) is 64.2 Å². The minimum absolute atomic E-state index is 1.27. The van der Waals surface area contributed by atoms with Gasteiger partial charge in [-0.15, -0.1) is 11.3 Å². The zero-order valence-electron chi connectivity index (χ0n) is 16.7. The predicted octanol–water partition coefficient (Wildman–Crippen LogP) is 8.85. The number of hydrogen-bond donors (Lipinski definition) is 0. The minimum atomic E-state index is 1.27. The monoisotopic (exact) mass is 400 g/mol. The molecule has 0 atom stereocenters. The van der Waals surface area contributed by atoms with Gasteiger partial charge in [-0.2, -0.15) is 0 Å². The third-order valence-corrected chi connectivity index (χ3v) is 7.04. The Kier molecular flexibility index (Phi) is 3.97. The molecule has 1 heterocycles. The minimum Gasteiger partial charge on any atom is -0.135 e. The van der Waals surface area contributed by atoms with Gasteiger partial charge in [0, 0.05) is 20.2 Å². The van der Waals surface area contributed by atoms with Crippen LogP contribution in [0.1, 0.15) is 5.56 Å². The number of benzene rings is 5. The summed E-state index contributed by atoms with van der Waals surface area (Å²) in [5.74, 6) is 0. The number of aryl methyl sites for hydroxylation is 1. The molecule has 1 heteroatoms. The molecule has 0 N–H and O–H groups in total. The Balaban J connectivity index is 1.52. The Hall–Kier alpha value is -3.42. The molecule has 0 aliphatic rings. The highest BCUT2D eigenvalue weighted by Gasteiger charge is 2.11. The van der Waals surface area contributed by atoms with Crippen molar-refractivity contribution in [3.8, 4) is 22.3 Å². The van der Waals surface area contributed by atoms with E-state index in [4.69, 9.17) is 0 Å². The van der Waals surface area contributed by atoms with E-state index >= 15 is 0 Å². The molecule has 0 fully saturated rings. The molecule has 5 aromatic carbocycles. The normalized spacial score (nSPS) is 11.5. The molecular weight excluding hydrogens is 380 g/mol. The van der Waals surface area contributed by atoms with Crippen LogP contribution in [0.3, 0.4) is 0 Å². The first-order valence-corrected chi connectivity index (χ1v) is 11.1. The van der Waals surface area contributed by atoms with Crippen LogP contribution >= 0.6 is 11.3 Å². The van der Waals surface area contributed by atoms with Crippen LogP contribution in [0, 0.1) is 6.92 Å². The summed E-state index contributed by atoms with van der Waals surface area (Å²) >= 11 is 1.87. The lowest BCUT2D eigenvalue weighted by molar-refractivity contribution is 1.47. The fourth-order valence-electron chi connectivity index (χ4n) is 4.43. The van der Waals surface area contributed by atoms with Crippen molar-refractivity contribution in [2.45, 2.75) is 6.92 Å². The molecule has 6 aromatic rings. The summed E-state index contributed by atoms with van der Waals surface area (Å²) < 4.78 is 2.70. The van der Waals surface area contributed by atoms with E-state index in [1.807, 2.05) is 11.3 Å². The predicted molar refractivity (Wildman–Crippen MR) is 132 cm³/mol. The van der Waals surface area contributed by atoms with E-state index in [0.717, 1.165) is 0 Å². The molecular formula is C29H20S. The van der Waals surface area contributed by atoms with E-state index in [9.17, 15) is 0 Å². The second-order valence-electron chi connectivity index (χ2n) is 7.92. The second-order valence-corrected chi connectivity index (χ2v) is 9.01. The van der Waals surface area contributed by atoms with Crippen molar-refractivity contribution in [1.82, 2.24) is 0 Å². The van der Waals surface area contributed by atoms with Crippen molar-refractivity contribution in [2.24, 2.45) is 0 Å². The Labute approximate surface area is 180 Å². The third-order valence-electron chi connectivity index (χ3n) is 5.91. The summed E-state index contributed by atoms with van der Waals surface area (Å²) in [7, 11) is 0. The molecule has 0 saturated heterocycles. The maximum atomic E-state index is 2.33.